The molecule has 0 saturated heterocycles. The molecule has 8 heteroatoms. The number of rotatable bonds is 6. The lowest BCUT2D eigenvalue weighted by Gasteiger charge is -2.49. The van der Waals surface area contributed by atoms with Crippen LogP contribution in [0.2, 0.25) is 5.02 Å². The van der Waals surface area contributed by atoms with Crippen molar-refractivity contribution in [1.29, 1.82) is 0 Å². The number of allylic oxidation sites excluding steroid dienone is 4. The normalized spacial score (nSPS) is 19.8. The summed E-state index contributed by atoms with van der Waals surface area (Å²) in [5, 5.41) is 0.355. The number of nitrogens with zero attached hydrogens (tertiary/aromatic N) is 1. The summed E-state index contributed by atoms with van der Waals surface area (Å²) in [5.41, 5.74) is 4.58. The molecule has 0 aromatic heterocycles. The van der Waals surface area contributed by atoms with Gasteiger partial charge in [-0.15, -0.1) is 0 Å². The van der Waals surface area contributed by atoms with Crippen molar-refractivity contribution in [3.8, 4) is 5.75 Å². The van der Waals surface area contributed by atoms with Gasteiger partial charge < -0.3 is 9.08 Å². The van der Waals surface area contributed by atoms with E-state index in [1.54, 1.807) is 24.3 Å². The van der Waals surface area contributed by atoms with Crippen LogP contribution in [0.3, 0.4) is 0 Å². The largest absolute Gasteiger partial charge is 0.379 e. The standard InChI is InChI=1S/C37H38ClNO5S/c1-23-11-14-26(15-12-23)45(42,43)44-32-16-13-25(38)17-27(32)33-34-28(18-36(2,3)20-30(34)40)39(22-24-9-7-6-8-10-24)29-19-37(4,5)21-31(41)35(29)33/h6-17,33H,18-22H2,1-5H3. The zero-order valence-corrected chi connectivity index (χ0v) is 27.9. The van der Waals surface area contributed by atoms with Crippen LogP contribution in [0.25, 0.3) is 0 Å². The second kappa shape index (κ2) is 11.3. The first-order chi connectivity index (χ1) is 21.1. The first kappa shape index (κ1) is 31.3. The summed E-state index contributed by atoms with van der Waals surface area (Å²) in [6.45, 7) is 10.7. The Morgan fingerprint density at radius 2 is 1.36 bits per heavy atom. The van der Waals surface area contributed by atoms with Crippen molar-refractivity contribution >= 4 is 33.3 Å². The van der Waals surface area contributed by atoms with Crippen LogP contribution in [0, 0.1) is 17.8 Å². The second-order valence-corrected chi connectivity index (χ2v) is 16.1. The molecule has 6 rings (SSSR count). The number of benzene rings is 3. The van der Waals surface area contributed by atoms with Gasteiger partial charge >= 0.3 is 10.1 Å². The lowest BCUT2D eigenvalue weighted by molar-refractivity contribution is -0.119. The third-order valence-electron chi connectivity index (χ3n) is 9.00. The van der Waals surface area contributed by atoms with Gasteiger partial charge in [-0.1, -0.05) is 87.3 Å². The Kier molecular flexibility index (Phi) is 7.85. The smallest absolute Gasteiger partial charge is 0.339 e. The number of ketones is 2. The lowest BCUT2D eigenvalue weighted by atomic mass is 9.63. The molecule has 0 bridgehead atoms. The van der Waals surface area contributed by atoms with Gasteiger partial charge in [0.2, 0.25) is 0 Å². The molecule has 0 amide bonds. The van der Waals surface area contributed by atoms with E-state index in [-0.39, 0.29) is 33.0 Å². The highest BCUT2D eigenvalue weighted by atomic mass is 35.5. The molecular formula is C37H38ClNO5S. The van der Waals surface area contributed by atoms with Crippen LogP contribution in [0.15, 0.2) is 100 Å². The Labute approximate surface area is 270 Å². The maximum Gasteiger partial charge on any atom is 0.339 e. The minimum atomic E-state index is -4.23. The fourth-order valence-electron chi connectivity index (χ4n) is 7.01. The Bertz CT molecular complexity index is 1820. The van der Waals surface area contributed by atoms with E-state index in [0.29, 0.717) is 54.0 Å². The number of carbonyl (C=O) groups is 2. The fraction of sp³-hybridized carbons (Fsp3) is 0.351. The van der Waals surface area contributed by atoms with Crippen molar-refractivity contribution in [2.75, 3.05) is 0 Å². The summed E-state index contributed by atoms with van der Waals surface area (Å²) in [5.74, 6) is -0.867. The summed E-state index contributed by atoms with van der Waals surface area (Å²) in [6, 6.07) is 21.2. The molecule has 0 radical (unpaired) electrons. The van der Waals surface area contributed by atoms with Crippen LogP contribution >= 0.6 is 11.6 Å². The second-order valence-electron chi connectivity index (χ2n) is 14.1. The van der Waals surface area contributed by atoms with Crippen molar-refractivity contribution in [3.63, 3.8) is 0 Å². The summed E-state index contributed by atoms with van der Waals surface area (Å²) < 4.78 is 32.9. The highest BCUT2D eigenvalue weighted by Gasteiger charge is 2.49. The number of aryl methyl sites for hydroxylation is 1. The molecule has 234 valence electrons. The monoisotopic (exact) mass is 643 g/mol. The first-order valence-electron chi connectivity index (χ1n) is 15.3. The van der Waals surface area contributed by atoms with Crippen molar-refractivity contribution in [2.24, 2.45) is 10.8 Å². The molecule has 3 aromatic rings. The highest BCUT2D eigenvalue weighted by molar-refractivity contribution is 7.87. The molecule has 3 aromatic carbocycles. The number of hydrogen-bond acceptors (Lipinski definition) is 6. The Morgan fingerprint density at radius 1 is 0.800 bits per heavy atom. The predicted molar refractivity (Wildman–Crippen MR) is 175 cm³/mol. The topological polar surface area (TPSA) is 80.8 Å². The number of halogens is 1. The molecule has 0 saturated carbocycles. The molecule has 6 nitrogen and oxygen atoms in total. The van der Waals surface area contributed by atoms with Gasteiger partial charge in [0.25, 0.3) is 0 Å². The van der Waals surface area contributed by atoms with Crippen molar-refractivity contribution < 1.29 is 22.2 Å². The third-order valence-corrected chi connectivity index (χ3v) is 10.5. The van der Waals surface area contributed by atoms with Crippen LogP contribution in [0.1, 0.15) is 76.0 Å². The highest BCUT2D eigenvalue weighted by Crippen LogP contribution is 2.56. The molecule has 0 unspecified atom stereocenters. The molecule has 0 N–H and O–H groups in total. The van der Waals surface area contributed by atoms with Crippen molar-refractivity contribution in [1.82, 2.24) is 4.90 Å². The quantitative estimate of drug-likeness (QED) is 0.251. The van der Waals surface area contributed by atoms with Crippen molar-refractivity contribution in [2.45, 2.75) is 77.7 Å². The van der Waals surface area contributed by atoms with Gasteiger partial charge in [-0.05, 0) is 66.5 Å². The van der Waals surface area contributed by atoms with Gasteiger partial charge in [0.05, 0.1) is 0 Å². The zero-order chi connectivity index (χ0) is 32.3. The summed E-state index contributed by atoms with van der Waals surface area (Å²) in [4.78, 5) is 30.7. The van der Waals surface area contributed by atoms with Crippen LogP contribution in [-0.2, 0) is 26.3 Å². The number of Topliss-reactive ketones (excluding diaryl/α,β-unsaturated/α-hetero) is 2. The maximum atomic E-state index is 14.3. The summed E-state index contributed by atoms with van der Waals surface area (Å²) in [6.07, 6.45) is 1.87. The van der Waals surface area contributed by atoms with Gasteiger partial charge in [0.1, 0.15) is 10.6 Å². The molecule has 0 atom stereocenters. The van der Waals surface area contributed by atoms with Crippen LogP contribution < -0.4 is 4.18 Å². The van der Waals surface area contributed by atoms with Crippen LogP contribution in [-0.4, -0.2) is 24.9 Å². The van der Waals surface area contributed by atoms with E-state index in [4.69, 9.17) is 15.8 Å². The molecule has 0 fully saturated rings. The van der Waals surface area contributed by atoms with Crippen LogP contribution in [0.4, 0.5) is 0 Å². The zero-order valence-electron chi connectivity index (χ0n) is 26.3. The van der Waals surface area contributed by atoms with Crippen LogP contribution in [0.5, 0.6) is 5.75 Å². The summed E-state index contributed by atoms with van der Waals surface area (Å²) >= 11 is 6.57. The van der Waals surface area contributed by atoms with Gasteiger partial charge in [0.15, 0.2) is 11.6 Å². The van der Waals surface area contributed by atoms with E-state index in [0.717, 1.165) is 22.5 Å². The van der Waals surface area contributed by atoms with E-state index in [1.165, 1.54) is 18.2 Å². The van der Waals surface area contributed by atoms with E-state index in [1.807, 2.05) is 25.1 Å². The predicted octanol–water partition coefficient (Wildman–Crippen LogP) is 8.30. The average Bonchev–Trinajstić information content (AvgIpc) is 2.94. The molecule has 1 aliphatic heterocycles. The molecule has 45 heavy (non-hydrogen) atoms. The fourth-order valence-corrected chi connectivity index (χ4v) is 8.14. The van der Waals surface area contributed by atoms with E-state index in [2.05, 4.69) is 44.7 Å². The van der Waals surface area contributed by atoms with Gasteiger partial charge in [-0.3, -0.25) is 9.59 Å². The first-order valence-corrected chi connectivity index (χ1v) is 17.1. The lowest BCUT2D eigenvalue weighted by Crippen LogP contribution is -2.44. The third kappa shape index (κ3) is 6.12. The maximum absolute atomic E-state index is 14.3. The molecule has 0 spiro atoms. The van der Waals surface area contributed by atoms with E-state index in [9.17, 15) is 18.0 Å². The van der Waals surface area contributed by atoms with Crippen molar-refractivity contribution in [3.05, 3.63) is 117 Å². The Morgan fingerprint density at radius 3 is 1.91 bits per heavy atom. The SMILES string of the molecule is Cc1ccc(S(=O)(=O)Oc2ccc(Cl)cc2C2C3=C(CC(C)(C)CC3=O)N(Cc3ccccc3)C3=C2C(=O)CC(C)(C)C3)cc1. The van der Waals surface area contributed by atoms with Gasteiger partial charge in [-0.2, -0.15) is 8.42 Å². The minimum Gasteiger partial charge on any atom is -0.379 e. The molecule has 1 heterocycles. The van der Waals surface area contributed by atoms with E-state index < -0.39 is 16.0 Å². The molecule has 2 aliphatic carbocycles. The molecule has 3 aliphatic rings. The van der Waals surface area contributed by atoms with Gasteiger partial charge in [-0.25, -0.2) is 0 Å². The van der Waals surface area contributed by atoms with Gasteiger partial charge in [0, 0.05) is 58.4 Å². The summed E-state index contributed by atoms with van der Waals surface area (Å²) in [7, 11) is -4.23. The Hall–Kier alpha value is -3.68. The number of carbonyl (C=O) groups excluding carboxylic acids is 2. The average molecular weight is 644 g/mol. The Balaban J connectivity index is 1.58. The minimum absolute atomic E-state index is 0.0116. The number of hydrogen-bond donors (Lipinski definition) is 0. The van der Waals surface area contributed by atoms with E-state index >= 15 is 0 Å². The molecular weight excluding hydrogens is 606 g/mol.